The van der Waals surface area contributed by atoms with Gasteiger partial charge in [0.2, 0.25) is 16.0 Å². The number of ether oxygens (including phenoxy) is 1. The van der Waals surface area contributed by atoms with E-state index in [1.807, 2.05) is 4.90 Å². The molecule has 6 rings (SSSR count). The Morgan fingerprint density at radius 1 is 1.00 bits per heavy atom. The third kappa shape index (κ3) is 8.23. The van der Waals surface area contributed by atoms with Crippen molar-refractivity contribution in [2.24, 2.45) is 0 Å². The first-order valence-corrected chi connectivity index (χ1v) is 18.0. The molecule has 18 heteroatoms. The first-order valence-electron chi connectivity index (χ1n) is 16.2. The zero-order valence-corrected chi connectivity index (χ0v) is 29.1. The van der Waals surface area contributed by atoms with E-state index in [2.05, 4.69) is 58.7 Å². The summed E-state index contributed by atoms with van der Waals surface area (Å²) < 4.78 is 86.8. The number of nitrogens with zero attached hydrogens (tertiary/aromatic N) is 8. The van der Waals surface area contributed by atoms with E-state index in [-0.39, 0.29) is 34.3 Å². The van der Waals surface area contributed by atoms with E-state index in [0.717, 1.165) is 55.8 Å². The third-order valence-corrected chi connectivity index (χ3v) is 10.3. The molecule has 0 spiro atoms. The molecule has 2 aromatic carbocycles. The monoisotopic (exact) mass is 730 g/mol. The highest BCUT2D eigenvalue weighted by molar-refractivity contribution is 7.92. The van der Waals surface area contributed by atoms with E-state index in [1.165, 1.54) is 37.6 Å². The van der Waals surface area contributed by atoms with Crippen molar-refractivity contribution in [2.75, 3.05) is 79.5 Å². The lowest BCUT2D eigenvalue weighted by atomic mass is 10.00. The summed E-state index contributed by atoms with van der Waals surface area (Å²) in [5.41, 5.74) is 1.77. The molecule has 272 valence electrons. The minimum absolute atomic E-state index is 0.0789. The van der Waals surface area contributed by atoms with Crippen LogP contribution in [0.3, 0.4) is 0 Å². The minimum atomic E-state index is -5.02. The van der Waals surface area contributed by atoms with Crippen LogP contribution in [0.25, 0.3) is 17.1 Å². The highest BCUT2D eigenvalue weighted by atomic mass is 32.2. The maximum absolute atomic E-state index is 15.1. The number of piperazine rings is 1. The number of benzene rings is 2. The van der Waals surface area contributed by atoms with Crippen LogP contribution < -0.4 is 24.6 Å². The molecule has 2 saturated heterocycles. The van der Waals surface area contributed by atoms with Gasteiger partial charge in [0, 0.05) is 76.5 Å². The van der Waals surface area contributed by atoms with Gasteiger partial charge in [0.1, 0.15) is 11.2 Å². The highest BCUT2D eigenvalue weighted by Crippen LogP contribution is 2.40. The summed E-state index contributed by atoms with van der Waals surface area (Å²) in [4.78, 5) is 23.4. The minimum Gasteiger partial charge on any atom is -0.403 e. The first-order chi connectivity index (χ1) is 24.2. The predicted molar refractivity (Wildman–Crippen MR) is 189 cm³/mol. The van der Waals surface area contributed by atoms with E-state index in [0.29, 0.717) is 35.9 Å². The summed E-state index contributed by atoms with van der Waals surface area (Å²) in [6.45, 7) is 9.16. The molecular weight excluding hydrogens is 692 g/mol. The van der Waals surface area contributed by atoms with Gasteiger partial charge in [-0.25, -0.2) is 17.8 Å². The van der Waals surface area contributed by atoms with Crippen LogP contribution in [0.2, 0.25) is 0 Å². The average Bonchev–Trinajstić information content (AvgIpc) is 3.09. The lowest BCUT2D eigenvalue weighted by Crippen LogP contribution is -2.52. The van der Waals surface area contributed by atoms with Gasteiger partial charge in [-0.15, -0.1) is 13.2 Å². The Morgan fingerprint density at radius 2 is 1.71 bits per heavy atom. The molecule has 51 heavy (non-hydrogen) atoms. The van der Waals surface area contributed by atoms with Crippen LogP contribution in [0.4, 0.5) is 52.1 Å². The number of hydrogen-bond acceptors (Lipinski definition) is 12. The fourth-order valence-electron chi connectivity index (χ4n) is 6.36. The van der Waals surface area contributed by atoms with Crippen LogP contribution in [0.5, 0.6) is 5.75 Å². The molecule has 0 amide bonds. The molecule has 4 aromatic rings. The number of halogens is 4. The van der Waals surface area contributed by atoms with Crippen molar-refractivity contribution in [1.29, 1.82) is 0 Å². The average molecular weight is 731 g/mol. The van der Waals surface area contributed by atoms with Crippen molar-refractivity contribution < 1.29 is 30.7 Å². The van der Waals surface area contributed by atoms with Gasteiger partial charge >= 0.3 is 6.36 Å². The molecule has 13 nitrogen and oxygen atoms in total. The van der Waals surface area contributed by atoms with Crippen LogP contribution in [0.1, 0.15) is 18.4 Å². The SMILES string of the molecule is C=Cc1cc(Nc2ncc(F)c(Nc3ccc4nccnc4c3N(C)S(C)(=O)=O)n2)c(OC(F)(F)F)cc1N1CCC(N2CCN(C)CC2)CC1. The standard InChI is InChI=1S/C33H38F4N10O3S/c1-5-21-18-26(28(50-33(35,36)37)19-27(21)47-12-8-22(9-13-47)46-16-14-44(2)15-17-46)42-32-40-20-23(34)31(43-32)41-25-7-6-24-29(39-11-10-38-24)30(25)45(3)51(4,48)49/h5-7,10-11,18-20,22H,1,8-9,12-17H2,2-4H3,(H2,40,41,42,43). The molecular formula is C33H38F4N10O3S. The van der Waals surface area contributed by atoms with Gasteiger partial charge in [-0.2, -0.15) is 4.98 Å². The van der Waals surface area contributed by atoms with Crippen molar-refractivity contribution in [1.82, 2.24) is 29.7 Å². The van der Waals surface area contributed by atoms with E-state index >= 15 is 4.39 Å². The fraction of sp³-hybridized carbons (Fsp3) is 0.394. The Kier molecular flexibility index (Phi) is 10.2. The molecule has 4 heterocycles. The second kappa shape index (κ2) is 14.4. The van der Waals surface area contributed by atoms with Crippen LogP contribution in [-0.4, -0.2) is 110 Å². The fourth-order valence-corrected chi connectivity index (χ4v) is 6.88. The first kappa shape index (κ1) is 36.0. The van der Waals surface area contributed by atoms with Crippen LogP contribution >= 0.6 is 0 Å². The van der Waals surface area contributed by atoms with Gasteiger partial charge in [-0.05, 0) is 43.7 Å². The van der Waals surface area contributed by atoms with Crippen molar-refractivity contribution in [3.05, 3.63) is 60.8 Å². The van der Waals surface area contributed by atoms with E-state index < -0.39 is 28.0 Å². The van der Waals surface area contributed by atoms with Crippen molar-refractivity contribution in [2.45, 2.75) is 25.2 Å². The quantitative estimate of drug-likeness (QED) is 0.208. The number of rotatable bonds is 10. The largest absolute Gasteiger partial charge is 0.573 e. The summed E-state index contributed by atoms with van der Waals surface area (Å²) >= 11 is 0. The molecule has 2 aliphatic heterocycles. The number of aromatic nitrogens is 4. The molecule has 0 atom stereocenters. The Hall–Kier alpha value is -4.81. The normalized spacial score (nSPS) is 16.6. The number of likely N-dealkylation sites (N-methyl/N-ethyl adjacent to an activating group) is 1. The van der Waals surface area contributed by atoms with Gasteiger partial charge in [0.15, 0.2) is 17.4 Å². The molecule has 2 aromatic heterocycles. The molecule has 0 saturated carbocycles. The van der Waals surface area contributed by atoms with Gasteiger partial charge in [-0.3, -0.25) is 19.2 Å². The van der Waals surface area contributed by atoms with E-state index in [1.54, 1.807) is 12.1 Å². The molecule has 2 fully saturated rings. The van der Waals surface area contributed by atoms with E-state index in [9.17, 15) is 21.6 Å². The Bertz CT molecular complexity index is 2020. The molecule has 0 radical (unpaired) electrons. The van der Waals surface area contributed by atoms with Gasteiger partial charge in [0.05, 0.1) is 29.3 Å². The van der Waals surface area contributed by atoms with Crippen LogP contribution in [0, 0.1) is 5.82 Å². The molecule has 0 aliphatic carbocycles. The smallest absolute Gasteiger partial charge is 0.403 e. The summed E-state index contributed by atoms with van der Waals surface area (Å²) in [5.74, 6) is -2.10. The van der Waals surface area contributed by atoms with Gasteiger partial charge < -0.3 is 25.2 Å². The number of sulfonamides is 1. The zero-order valence-electron chi connectivity index (χ0n) is 28.3. The zero-order chi connectivity index (χ0) is 36.5. The lowest BCUT2D eigenvalue weighted by Gasteiger charge is -2.43. The summed E-state index contributed by atoms with van der Waals surface area (Å²) in [5, 5.41) is 5.53. The van der Waals surface area contributed by atoms with Crippen molar-refractivity contribution in [3.8, 4) is 5.75 Å². The topological polar surface area (TPSA) is 132 Å². The van der Waals surface area contributed by atoms with Crippen LogP contribution in [-0.2, 0) is 10.0 Å². The summed E-state index contributed by atoms with van der Waals surface area (Å²) in [6.07, 6.45) is 2.91. The third-order valence-electron chi connectivity index (χ3n) is 9.10. The second-order valence-corrected chi connectivity index (χ2v) is 14.5. The molecule has 2 aliphatic rings. The Labute approximate surface area is 293 Å². The predicted octanol–water partition coefficient (Wildman–Crippen LogP) is 5.20. The van der Waals surface area contributed by atoms with Gasteiger partial charge in [-0.1, -0.05) is 12.7 Å². The Morgan fingerprint density at radius 3 is 2.37 bits per heavy atom. The number of anilines is 6. The van der Waals surface area contributed by atoms with Crippen LogP contribution in [0.15, 0.2) is 49.4 Å². The highest BCUT2D eigenvalue weighted by Gasteiger charge is 2.34. The lowest BCUT2D eigenvalue weighted by molar-refractivity contribution is -0.274. The molecule has 2 N–H and O–H groups in total. The van der Waals surface area contributed by atoms with Crippen molar-refractivity contribution in [3.63, 3.8) is 0 Å². The number of fused-ring (bicyclic) bond motifs is 1. The number of hydrogen-bond donors (Lipinski definition) is 2. The number of piperidine rings is 1. The number of nitrogens with one attached hydrogen (secondary N) is 2. The van der Waals surface area contributed by atoms with E-state index in [4.69, 9.17) is 0 Å². The maximum Gasteiger partial charge on any atom is 0.573 e. The Balaban J connectivity index is 1.29. The maximum atomic E-state index is 15.1. The summed E-state index contributed by atoms with van der Waals surface area (Å²) in [7, 11) is -0.387. The van der Waals surface area contributed by atoms with Gasteiger partial charge in [0.25, 0.3) is 0 Å². The molecule has 0 bridgehead atoms. The molecule has 0 unspecified atom stereocenters. The number of alkyl halides is 3. The summed E-state index contributed by atoms with van der Waals surface area (Å²) in [6, 6.07) is 6.22. The second-order valence-electron chi connectivity index (χ2n) is 12.5. The van der Waals surface area contributed by atoms with Crippen molar-refractivity contribution >= 4 is 61.6 Å².